The summed E-state index contributed by atoms with van der Waals surface area (Å²) in [4.78, 5) is 5.49. The van der Waals surface area contributed by atoms with Gasteiger partial charge in [-0.2, -0.15) is 0 Å². The molecule has 0 saturated heterocycles. The highest BCUT2D eigenvalue weighted by atomic mass is 32.2. The number of nitrogens with zero attached hydrogens (tertiary/aromatic N) is 1. The molecule has 0 unspecified atom stereocenters. The minimum Gasteiger partial charge on any atom is -0.315 e. The predicted molar refractivity (Wildman–Crippen MR) is 46.7 cm³/mol. The Labute approximate surface area is 69.1 Å². The average Bonchev–Trinajstić information content (AvgIpc) is 2.37. The fourth-order valence-corrected chi connectivity index (χ4v) is 2.10. The van der Waals surface area contributed by atoms with E-state index in [2.05, 4.69) is 10.3 Å². The first-order chi connectivity index (χ1) is 4.86. The van der Waals surface area contributed by atoms with Gasteiger partial charge in [0.15, 0.2) is 0 Å². The second-order valence-corrected chi connectivity index (χ2v) is 4.00. The topological polar surface area (TPSA) is 24.9 Å². The number of thiazole rings is 1. The molecule has 0 aliphatic heterocycles. The molecular weight excluding hydrogens is 164 g/mol. The zero-order valence-corrected chi connectivity index (χ0v) is 7.68. The standard InChI is InChI=1S/C6H10N2S2/c1-7-3-5-4-8-6(9-2)10-5/h4,7H,3H2,1-2H3. The van der Waals surface area contributed by atoms with E-state index in [1.54, 1.807) is 23.1 Å². The second-order valence-electron chi connectivity index (χ2n) is 1.83. The van der Waals surface area contributed by atoms with Crippen molar-refractivity contribution in [3.05, 3.63) is 11.1 Å². The van der Waals surface area contributed by atoms with Crippen LogP contribution in [-0.2, 0) is 6.54 Å². The van der Waals surface area contributed by atoms with Crippen molar-refractivity contribution >= 4 is 23.1 Å². The SMILES string of the molecule is CNCc1cnc(SC)s1. The van der Waals surface area contributed by atoms with Gasteiger partial charge in [-0.25, -0.2) is 4.98 Å². The number of rotatable bonds is 3. The number of hydrogen-bond donors (Lipinski definition) is 1. The zero-order valence-electron chi connectivity index (χ0n) is 6.05. The molecule has 0 aliphatic carbocycles. The number of aromatic nitrogens is 1. The van der Waals surface area contributed by atoms with Crippen LogP contribution in [0.5, 0.6) is 0 Å². The normalized spacial score (nSPS) is 10.2. The highest BCUT2D eigenvalue weighted by Crippen LogP contribution is 2.21. The Kier molecular flexibility index (Phi) is 3.18. The van der Waals surface area contributed by atoms with Crippen molar-refractivity contribution < 1.29 is 0 Å². The van der Waals surface area contributed by atoms with Crippen LogP contribution in [0, 0.1) is 0 Å². The molecule has 0 spiro atoms. The third-order valence-electron chi connectivity index (χ3n) is 1.06. The lowest BCUT2D eigenvalue weighted by Crippen LogP contribution is -2.02. The molecule has 1 N–H and O–H groups in total. The van der Waals surface area contributed by atoms with Crippen molar-refractivity contribution in [3.63, 3.8) is 0 Å². The van der Waals surface area contributed by atoms with Crippen LogP contribution in [0.1, 0.15) is 4.88 Å². The molecule has 0 bridgehead atoms. The van der Waals surface area contributed by atoms with Gasteiger partial charge in [-0.05, 0) is 13.3 Å². The Bertz CT molecular complexity index is 197. The van der Waals surface area contributed by atoms with Gasteiger partial charge < -0.3 is 5.32 Å². The Morgan fingerprint density at radius 3 is 3.10 bits per heavy atom. The van der Waals surface area contributed by atoms with E-state index >= 15 is 0 Å². The number of hydrogen-bond acceptors (Lipinski definition) is 4. The maximum Gasteiger partial charge on any atom is 0.149 e. The predicted octanol–water partition coefficient (Wildman–Crippen LogP) is 1.58. The molecule has 10 heavy (non-hydrogen) atoms. The maximum absolute atomic E-state index is 4.19. The fourth-order valence-electron chi connectivity index (χ4n) is 0.640. The Hall–Kier alpha value is -0.0600. The van der Waals surface area contributed by atoms with Crippen molar-refractivity contribution in [1.82, 2.24) is 10.3 Å². The highest BCUT2D eigenvalue weighted by Gasteiger charge is 1.97. The molecule has 0 radical (unpaired) electrons. The average molecular weight is 174 g/mol. The summed E-state index contributed by atoms with van der Waals surface area (Å²) in [6, 6.07) is 0. The van der Waals surface area contributed by atoms with Crippen LogP contribution >= 0.6 is 23.1 Å². The smallest absolute Gasteiger partial charge is 0.149 e. The van der Waals surface area contributed by atoms with Gasteiger partial charge in [0.2, 0.25) is 0 Å². The first kappa shape index (κ1) is 8.04. The summed E-state index contributed by atoms with van der Waals surface area (Å²) in [6.07, 6.45) is 3.97. The summed E-state index contributed by atoms with van der Waals surface area (Å²) in [5, 5.41) is 3.08. The van der Waals surface area contributed by atoms with E-state index < -0.39 is 0 Å². The molecule has 2 nitrogen and oxygen atoms in total. The van der Waals surface area contributed by atoms with Crippen LogP contribution in [-0.4, -0.2) is 18.3 Å². The maximum atomic E-state index is 4.19. The van der Waals surface area contributed by atoms with Crippen LogP contribution in [0.2, 0.25) is 0 Å². The molecule has 0 aromatic carbocycles. The van der Waals surface area contributed by atoms with Gasteiger partial charge in [0, 0.05) is 17.6 Å². The first-order valence-electron chi connectivity index (χ1n) is 3.00. The van der Waals surface area contributed by atoms with Crippen LogP contribution < -0.4 is 5.32 Å². The van der Waals surface area contributed by atoms with E-state index in [4.69, 9.17) is 0 Å². The van der Waals surface area contributed by atoms with Gasteiger partial charge in [-0.15, -0.1) is 11.3 Å². The summed E-state index contributed by atoms with van der Waals surface area (Å²) in [7, 11) is 1.94. The zero-order chi connectivity index (χ0) is 7.40. The van der Waals surface area contributed by atoms with Crippen LogP contribution in [0.4, 0.5) is 0 Å². The lowest BCUT2D eigenvalue weighted by Gasteiger charge is -1.89. The third-order valence-corrected chi connectivity index (χ3v) is 3.05. The van der Waals surface area contributed by atoms with Crippen LogP contribution in [0.3, 0.4) is 0 Å². The van der Waals surface area contributed by atoms with Crippen LogP contribution in [0.25, 0.3) is 0 Å². The van der Waals surface area contributed by atoms with Gasteiger partial charge in [0.1, 0.15) is 4.34 Å². The molecule has 1 aromatic heterocycles. The molecule has 1 rings (SSSR count). The monoisotopic (exact) mass is 174 g/mol. The molecule has 1 aromatic rings. The van der Waals surface area contributed by atoms with E-state index in [0.29, 0.717) is 0 Å². The van der Waals surface area contributed by atoms with Gasteiger partial charge in [0.05, 0.1) is 0 Å². The van der Waals surface area contributed by atoms with E-state index in [-0.39, 0.29) is 0 Å². The van der Waals surface area contributed by atoms with Gasteiger partial charge >= 0.3 is 0 Å². The molecule has 0 fully saturated rings. The van der Waals surface area contributed by atoms with Crippen molar-refractivity contribution in [3.8, 4) is 0 Å². The summed E-state index contributed by atoms with van der Waals surface area (Å²) in [5.74, 6) is 0. The lowest BCUT2D eigenvalue weighted by atomic mass is 10.5. The van der Waals surface area contributed by atoms with E-state index in [0.717, 1.165) is 10.9 Å². The molecule has 56 valence electrons. The third kappa shape index (κ3) is 1.97. The van der Waals surface area contributed by atoms with Gasteiger partial charge in [0.25, 0.3) is 0 Å². The summed E-state index contributed by atoms with van der Waals surface area (Å²) in [5.41, 5.74) is 0. The molecule has 4 heteroatoms. The lowest BCUT2D eigenvalue weighted by molar-refractivity contribution is 0.829. The number of thioether (sulfide) groups is 1. The Morgan fingerprint density at radius 1 is 1.80 bits per heavy atom. The van der Waals surface area contributed by atoms with E-state index in [1.165, 1.54) is 4.88 Å². The molecule has 0 saturated carbocycles. The fraction of sp³-hybridized carbons (Fsp3) is 0.500. The number of nitrogens with one attached hydrogen (secondary N) is 1. The quantitative estimate of drug-likeness (QED) is 0.704. The second kappa shape index (κ2) is 3.95. The highest BCUT2D eigenvalue weighted by molar-refractivity contribution is 8.00. The van der Waals surface area contributed by atoms with E-state index in [9.17, 15) is 0 Å². The van der Waals surface area contributed by atoms with Crippen LogP contribution in [0.15, 0.2) is 10.5 Å². The van der Waals surface area contributed by atoms with Crippen molar-refractivity contribution in [2.24, 2.45) is 0 Å². The molecule has 0 aliphatic rings. The van der Waals surface area contributed by atoms with Crippen molar-refractivity contribution in [1.29, 1.82) is 0 Å². The Balaban J connectivity index is 2.59. The van der Waals surface area contributed by atoms with Crippen molar-refractivity contribution in [2.45, 2.75) is 10.9 Å². The molecule has 1 heterocycles. The first-order valence-corrected chi connectivity index (χ1v) is 5.04. The largest absolute Gasteiger partial charge is 0.315 e. The molecular formula is C6H10N2S2. The van der Waals surface area contributed by atoms with Gasteiger partial charge in [-0.3, -0.25) is 0 Å². The summed E-state index contributed by atoms with van der Waals surface area (Å²) >= 11 is 3.44. The van der Waals surface area contributed by atoms with E-state index in [1.807, 2.05) is 19.5 Å². The molecule has 0 amide bonds. The Morgan fingerprint density at radius 2 is 2.60 bits per heavy atom. The minimum atomic E-state index is 0.929. The van der Waals surface area contributed by atoms with Gasteiger partial charge in [-0.1, -0.05) is 11.8 Å². The van der Waals surface area contributed by atoms with Crippen molar-refractivity contribution in [2.75, 3.05) is 13.3 Å². The minimum absolute atomic E-state index is 0.929. The summed E-state index contributed by atoms with van der Waals surface area (Å²) < 4.78 is 1.14. The summed E-state index contributed by atoms with van der Waals surface area (Å²) in [6.45, 7) is 0.929. The molecule has 0 atom stereocenters.